The molecule has 14 heteroatoms. The topological polar surface area (TPSA) is 195 Å². The van der Waals surface area contributed by atoms with Gasteiger partial charge in [0.1, 0.15) is 17.7 Å². The third-order valence-electron chi connectivity index (χ3n) is 7.85. The van der Waals surface area contributed by atoms with Gasteiger partial charge in [-0.2, -0.15) is 11.8 Å². The van der Waals surface area contributed by atoms with Crippen LogP contribution in [0.25, 0.3) is 0 Å². The maximum atomic E-state index is 13.1. The first-order valence-corrected chi connectivity index (χ1v) is 19.2. The first kappa shape index (κ1) is 47.6. The van der Waals surface area contributed by atoms with Gasteiger partial charge in [0.05, 0.1) is 18.8 Å². The standard InChI is InChI=1S/C27H52N4O7S.C10H13NO/c1-10-17(4)14-28-23(34)18(5)13-21(33)20(15-32)30-24(35)19(11-12-39-9)29-25(36)22(16(2)3)31-26(37)38-27(6,7)8;1-9(12)11-8-10-6-4-2-3-5-7-10/h16-22,32-33H,10-15H2,1-9H3,(H,28,34)(H,29,36)(H,30,35)(H,31,37);2-6H,7-8H2,1H3,(H,11,12)/t17-,18-,19+,20+,21+,22+;/m1./s1. The van der Waals surface area contributed by atoms with Crippen molar-refractivity contribution >= 4 is 41.5 Å². The van der Waals surface area contributed by atoms with Gasteiger partial charge in [-0.1, -0.05) is 71.4 Å². The highest BCUT2D eigenvalue weighted by atomic mass is 32.2. The van der Waals surface area contributed by atoms with Crippen molar-refractivity contribution in [2.45, 2.75) is 118 Å². The summed E-state index contributed by atoms with van der Waals surface area (Å²) in [7, 11) is 0. The van der Waals surface area contributed by atoms with Gasteiger partial charge in [0.2, 0.25) is 23.6 Å². The third-order valence-corrected chi connectivity index (χ3v) is 8.50. The van der Waals surface area contributed by atoms with Crippen LogP contribution in [0.2, 0.25) is 0 Å². The molecule has 6 atom stereocenters. The number of nitrogens with one attached hydrogen (secondary N) is 5. The van der Waals surface area contributed by atoms with E-state index in [1.165, 1.54) is 24.3 Å². The lowest BCUT2D eigenvalue weighted by atomic mass is 9.97. The fourth-order valence-corrected chi connectivity index (χ4v) is 4.97. The second-order valence-electron chi connectivity index (χ2n) is 14.2. The Balaban J connectivity index is 0.00000174. The average molecular weight is 740 g/mol. The van der Waals surface area contributed by atoms with Crippen molar-refractivity contribution in [3.8, 4) is 0 Å². The van der Waals surface area contributed by atoms with E-state index in [2.05, 4.69) is 32.7 Å². The van der Waals surface area contributed by atoms with Crippen molar-refractivity contribution in [1.82, 2.24) is 26.6 Å². The molecule has 292 valence electrons. The number of carbonyl (C=O) groups is 5. The zero-order valence-corrected chi connectivity index (χ0v) is 33.2. The minimum Gasteiger partial charge on any atom is -0.444 e. The molecule has 13 nitrogen and oxygen atoms in total. The molecule has 0 saturated heterocycles. The van der Waals surface area contributed by atoms with Crippen molar-refractivity contribution in [3.63, 3.8) is 0 Å². The molecule has 0 aromatic carbocycles. The maximum absolute atomic E-state index is 13.1. The summed E-state index contributed by atoms with van der Waals surface area (Å²) in [5, 5.41) is 34.1. The Kier molecular flexibility index (Phi) is 23.9. The van der Waals surface area contributed by atoms with Crippen molar-refractivity contribution in [2.75, 3.05) is 31.7 Å². The SMILES string of the molecule is CC(=O)NCC1=CC=CC=CC1.CC[C@@H](C)CNC(=O)[C@H](C)C[C@H](O)[C@H](CO)NC(=O)[C@H](CCSC)NC(=O)[C@@H](NC(=O)OC(C)(C)C)C(C)C. The predicted molar refractivity (Wildman–Crippen MR) is 204 cm³/mol. The summed E-state index contributed by atoms with van der Waals surface area (Å²) in [4.78, 5) is 61.5. The van der Waals surface area contributed by atoms with Gasteiger partial charge in [-0.3, -0.25) is 19.2 Å². The number of rotatable bonds is 19. The van der Waals surface area contributed by atoms with E-state index < -0.39 is 60.3 Å². The molecule has 1 rings (SSSR count). The Hall–Kier alpha value is -3.36. The molecule has 5 amide bonds. The van der Waals surface area contributed by atoms with Crippen LogP contribution in [0, 0.1) is 17.8 Å². The van der Waals surface area contributed by atoms with Gasteiger partial charge in [0, 0.05) is 25.9 Å². The van der Waals surface area contributed by atoms with Crippen molar-refractivity contribution in [2.24, 2.45) is 17.8 Å². The number of thioether (sulfide) groups is 1. The van der Waals surface area contributed by atoms with Crippen LogP contribution in [0.3, 0.4) is 0 Å². The number of carbonyl (C=O) groups excluding carboxylic acids is 5. The van der Waals surface area contributed by atoms with Gasteiger partial charge >= 0.3 is 6.09 Å². The molecule has 0 unspecified atom stereocenters. The van der Waals surface area contributed by atoms with E-state index >= 15 is 0 Å². The zero-order chi connectivity index (χ0) is 39.1. The van der Waals surface area contributed by atoms with Crippen molar-refractivity contribution in [1.29, 1.82) is 0 Å². The Morgan fingerprint density at radius 1 is 0.941 bits per heavy atom. The van der Waals surface area contributed by atoms with E-state index in [1.54, 1.807) is 41.5 Å². The predicted octanol–water partition coefficient (Wildman–Crippen LogP) is 3.37. The molecule has 0 aromatic heterocycles. The number of ether oxygens (including phenoxy) is 1. The Bertz CT molecular complexity index is 1180. The fraction of sp³-hybridized carbons (Fsp3) is 0.703. The van der Waals surface area contributed by atoms with Crippen LogP contribution in [0.1, 0.15) is 88.0 Å². The molecule has 51 heavy (non-hydrogen) atoms. The Morgan fingerprint density at radius 2 is 1.61 bits per heavy atom. The van der Waals surface area contributed by atoms with Crippen LogP contribution in [0.15, 0.2) is 36.0 Å². The number of aliphatic hydroxyl groups excluding tert-OH is 2. The molecule has 0 radical (unpaired) electrons. The van der Waals surface area contributed by atoms with E-state index in [1.807, 2.05) is 44.4 Å². The summed E-state index contributed by atoms with van der Waals surface area (Å²) in [6.45, 7) is 16.6. The van der Waals surface area contributed by atoms with E-state index in [0.717, 1.165) is 12.8 Å². The van der Waals surface area contributed by atoms with Gasteiger partial charge in [-0.05, 0) is 69.5 Å². The smallest absolute Gasteiger partial charge is 0.408 e. The van der Waals surface area contributed by atoms with Crippen LogP contribution in [-0.2, 0) is 23.9 Å². The van der Waals surface area contributed by atoms with Crippen LogP contribution in [0.5, 0.6) is 0 Å². The summed E-state index contributed by atoms with van der Waals surface area (Å²) in [5.41, 5.74) is 0.491. The molecule has 1 aliphatic rings. The van der Waals surface area contributed by atoms with Gasteiger partial charge in [-0.15, -0.1) is 0 Å². The highest BCUT2D eigenvalue weighted by molar-refractivity contribution is 7.98. The summed E-state index contributed by atoms with van der Waals surface area (Å²) < 4.78 is 5.26. The average Bonchev–Trinajstić information content (AvgIpc) is 3.33. The highest BCUT2D eigenvalue weighted by Crippen LogP contribution is 2.13. The normalized spacial score (nSPS) is 16.1. The molecule has 0 spiro atoms. The maximum Gasteiger partial charge on any atom is 0.408 e. The first-order valence-electron chi connectivity index (χ1n) is 17.8. The Morgan fingerprint density at radius 3 is 2.16 bits per heavy atom. The quantitative estimate of drug-likeness (QED) is 0.104. The van der Waals surface area contributed by atoms with E-state index in [-0.39, 0.29) is 24.2 Å². The largest absolute Gasteiger partial charge is 0.444 e. The second-order valence-corrected chi connectivity index (χ2v) is 15.2. The molecule has 0 fully saturated rings. The summed E-state index contributed by atoms with van der Waals surface area (Å²) in [5.74, 6) is -1.25. The number of amides is 5. The summed E-state index contributed by atoms with van der Waals surface area (Å²) in [6, 6.07) is -2.95. The molecular weight excluding hydrogens is 675 g/mol. The van der Waals surface area contributed by atoms with Crippen molar-refractivity contribution in [3.05, 3.63) is 36.0 Å². The first-order chi connectivity index (χ1) is 23.8. The molecule has 0 bridgehead atoms. The summed E-state index contributed by atoms with van der Waals surface area (Å²) in [6.07, 6.45) is 12.2. The second kappa shape index (κ2) is 25.6. The lowest BCUT2D eigenvalue weighted by Crippen LogP contribution is -2.58. The lowest BCUT2D eigenvalue weighted by Gasteiger charge is -2.29. The molecule has 1 aliphatic carbocycles. The third kappa shape index (κ3) is 22.2. The molecular formula is C37H65N5O8S. The van der Waals surface area contributed by atoms with Crippen LogP contribution >= 0.6 is 11.8 Å². The number of alkyl carbamates (subject to hydrolysis) is 1. The molecule has 0 aliphatic heterocycles. The van der Waals surface area contributed by atoms with Crippen LogP contribution in [-0.4, -0.2) is 101 Å². The van der Waals surface area contributed by atoms with Gasteiger partial charge < -0.3 is 41.5 Å². The van der Waals surface area contributed by atoms with Crippen LogP contribution < -0.4 is 26.6 Å². The summed E-state index contributed by atoms with van der Waals surface area (Å²) >= 11 is 1.49. The minimum atomic E-state index is -1.18. The monoisotopic (exact) mass is 739 g/mol. The molecule has 7 N–H and O–H groups in total. The number of aliphatic hydroxyl groups is 2. The van der Waals surface area contributed by atoms with Crippen molar-refractivity contribution < 1.29 is 38.9 Å². The van der Waals surface area contributed by atoms with Gasteiger partial charge in [0.25, 0.3) is 0 Å². The van der Waals surface area contributed by atoms with E-state index in [9.17, 15) is 34.2 Å². The van der Waals surface area contributed by atoms with Gasteiger partial charge in [-0.25, -0.2) is 4.79 Å². The lowest BCUT2D eigenvalue weighted by molar-refractivity contribution is -0.132. The number of allylic oxidation sites excluding steroid dienone is 5. The van der Waals surface area contributed by atoms with E-state index in [0.29, 0.717) is 31.2 Å². The molecule has 0 saturated carbocycles. The van der Waals surface area contributed by atoms with Gasteiger partial charge in [0.15, 0.2) is 0 Å². The minimum absolute atomic E-state index is 0.0214. The van der Waals surface area contributed by atoms with E-state index in [4.69, 9.17) is 4.74 Å². The highest BCUT2D eigenvalue weighted by Gasteiger charge is 2.32. The molecule has 0 heterocycles. The molecule has 0 aromatic rings. The number of hydrogen-bond acceptors (Lipinski definition) is 9. The fourth-order valence-electron chi connectivity index (χ4n) is 4.50. The number of hydrogen-bond donors (Lipinski definition) is 7. The van der Waals surface area contributed by atoms with Crippen LogP contribution in [0.4, 0.5) is 4.79 Å². The Labute approximate surface area is 309 Å². The zero-order valence-electron chi connectivity index (χ0n) is 32.3.